The van der Waals surface area contributed by atoms with Gasteiger partial charge in [0.05, 0.1) is 19.3 Å². The first-order valence-corrected chi connectivity index (χ1v) is 8.96. The van der Waals surface area contributed by atoms with Crippen LogP contribution in [0.1, 0.15) is 32.1 Å². The maximum Gasteiger partial charge on any atom is 0.323 e. The third-order valence-electron chi connectivity index (χ3n) is 5.22. The molecule has 1 saturated carbocycles. The summed E-state index contributed by atoms with van der Waals surface area (Å²) < 4.78 is 18.7. The summed E-state index contributed by atoms with van der Waals surface area (Å²) in [6, 6.07) is 3.80. The molecule has 5 nitrogen and oxygen atoms in total. The van der Waals surface area contributed by atoms with E-state index in [4.69, 9.17) is 16.3 Å². The van der Waals surface area contributed by atoms with E-state index in [2.05, 4.69) is 5.32 Å². The van der Waals surface area contributed by atoms with Crippen LogP contribution in [0, 0.1) is 11.7 Å². The smallest absolute Gasteiger partial charge is 0.323 e. The maximum atomic E-state index is 13.8. The Morgan fingerprint density at radius 1 is 1.36 bits per heavy atom. The molecule has 0 unspecified atom stereocenters. The first-order chi connectivity index (χ1) is 12.0. The third-order valence-corrected chi connectivity index (χ3v) is 5.46. The molecule has 1 N–H and O–H groups in total. The van der Waals surface area contributed by atoms with Crippen LogP contribution in [0.5, 0.6) is 0 Å². The van der Waals surface area contributed by atoms with Crippen molar-refractivity contribution >= 4 is 29.2 Å². The Balaban J connectivity index is 1.72. The van der Waals surface area contributed by atoms with Crippen LogP contribution in [0.15, 0.2) is 18.2 Å². The number of esters is 1. The predicted molar refractivity (Wildman–Crippen MR) is 92.9 cm³/mol. The van der Waals surface area contributed by atoms with E-state index < -0.39 is 11.9 Å². The Morgan fingerprint density at radius 2 is 2.12 bits per heavy atom. The second-order valence-electron chi connectivity index (χ2n) is 6.73. The molecule has 0 spiro atoms. The van der Waals surface area contributed by atoms with E-state index in [1.807, 2.05) is 4.90 Å². The van der Waals surface area contributed by atoms with Gasteiger partial charge in [0.2, 0.25) is 5.91 Å². The van der Waals surface area contributed by atoms with Crippen LogP contribution in [0.3, 0.4) is 0 Å². The van der Waals surface area contributed by atoms with Crippen molar-refractivity contribution in [3.05, 3.63) is 29.0 Å². The molecule has 1 aliphatic carbocycles. The Hall–Kier alpha value is -1.66. The minimum absolute atomic E-state index is 0.0346. The van der Waals surface area contributed by atoms with Gasteiger partial charge in [-0.05, 0) is 43.4 Å². The van der Waals surface area contributed by atoms with Crippen LogP contribution < -0.4 is 5.32 Å². The summed E-state index contributed by atoms with van der Waals surface area (Å²) in [6.07, 6.45) is 5.01. The lowest BCUT2D eigenvalue weighted by Gasteiger charge is -2.32. The number of nitrogens with zero attached hydrogens (tertiary/aromatic N) is 1. The molecule has 136 valence electrons. The van der Waals surface area contributed by atoms with Crippen molar-refractivity contribution in [3.8, 4) is 0 Å². The number of rotatable bonds is 4. The summed E-state index contributed by atoms with van der Waals surface area (Å²) in [4.78, 5) is 26.5. The van der Waals surface area contributed by atoms with Gasteiger partial charge in [0.15, 0.2) is 0 Å². The zero-order valence-corrected chi connectivity index (χ0v) is 14.9. The number of hydrogen-bond donors (Lipinski definition) is 1. The molecule has 2 fully saturated rings. The molecule has 0 bridgehead atoms. The summed E-state index contributed by atoms with van der Waals surface area (Å²) in [5.74, 6) is -0.801. The number of benzene rings is 1. The van der Waals surface area contributed by atoms with Gasteiger partial charge in [-0.15, -0.1) is 0 Å². The van der Waals surface area contributed by atoms with Gasteiger partial charge >= 0.3 is 5.97 Å². The van der Waals surface area contributed by atoms with E-state index >= 15 is 0 Å². The molecule has 3 rings (SSSR count). The number of nitrogens with one attached hydrogen (secondary N) is 1. The normalized spacial score (nSPS) is 26.1. The van der Waals surface area contributed by atoms with Gasteiger partial charge in [-0.2, -0.15) is 0 Å². The monoisotopic (exact) mass is 368 g/mol. The number of likely N-dealkylation sites (tertiary alicyclic amines) is 1. The molecular formula is C18H22ClFN2O3. The molecule has 1 aromatic rings. The highest BCUT2D eigenvalue weighted by Crippen LogP contribution is 2.39. The number of amides is 1. The molecule has 0 aromatic heterocycles. The van der Waals surface area contributed by atoms with Gasteiger partial charge in [-0.1, -0.05) is 24.4 Å². The zero-order valence-electron chi connectivity index (χ0n) is 14.1. The maximum absolute atomic E-state index is 13.8. The number of halogens is 2. The number of carbonyl (C=O) groups is 2. The highest BCUT2D eigenvalue weighted by atomic mass is 35.5. The molecular weight excluding hydrogens is 347 g/mol. The van der Waals surface area contributed by atoms with Crippen LogP contribution in [-0.4, -0.2) is 42.5 Å². The van der Waals surface area contributed by atoms with Crippen LogP contribution in [-0.2, 0) is 14.3 Å². The summed E-state index contributed by atoms with van der Waals surface area (Å²) in [5.41, 5.74) is 0.0477. The number of anilines is 1. The van der Waals surface area contributed by atoms with Crippen molar-refractivity contribution in [2.24, 2.45) is 5.92 Å². The fourth-order valence-electron chi connectivity index (χ4n) is 4.10. The average Bonchev–Trinajstić information content (AvgIpc) is 2.96. The first kappa shape index (κ1) is 18.1. The third kappa shape index (κ3) is 3.96. The standard InChI is InChI=1S/C18H22ClFN2O3/c1-25-18(24)16-8-11-4-2-3-5-15(11)22(16)10-17(23)21-14-9-12(19)6-7-13(14)20/h6-7,9,11,15-16H,2-5,8,10H2,1H3,(H,21,23)/t11-,15-,16-/m0/s1. The molecule has 0 radical (unpaired) electrons. The highest BCUT2D eigenvalue weighted by molar-refractivity contribution is 6.30. The number of hydrogen-bond acceptors (Lipinski definition) is 4. The van der Waals surface area contributed by atoms with Crippen LogP contribution >= 0.6 is 11.6 Å². The van der Waals surface area contributed by atoms with Gasteiger partial charge in [-0.3, -0.25) is 14.5 Å². The first-order valence-electron chi connectivity index (χ1n) is 8.58. The Labute approximate surface area is 151 Å². The fourth-order valence-corrected chi connectivity index (χ4v) is 4.27. The number of fused-ring (bicyclic) bond motifs is 1. The van der Waals surface area contributed by atoms with Crippen LogP contribution in [0.4, 0.5) is 10.1 Å². The number of ether oxygens (including phenoxy) is 1. The number of methoxy groups -OCH3 is 1. The fraction of sp³-hybridized carbons (Fsp3) is 0.556. The van der Waals surface area contributed by atoms with Crippen molar-refractivity contribution in [2.75, 3.05) is 19.0 Å². The second-order valence-corrected chi connectivity index (χ2v) is 7.17. The quantitative estimate of drug-likeness (QED) is 0.829. The molecule has 1 amide bonds. The van der Waals surface area contributed by atoms with Crippen molar-refractivity contribution in [1.29, 1.82) is 0 Å². The van der Waals surface area contributed by atoms with Crippen LogP contribution in [0.25, 0.3) is 0 Å². The Kier molecular flexibility index (Phi) is 5.59. The van der Waals surface area contributed by atoms with E-state index in [9.17, 15) is 14.0 Å². The predicted octanol–water partition coefficient (Wildman–Crippen LogP) is 3.22. The highest BCUT2D eigenvalue weighted by Gasteiger charge is 2.46. The lowest BCUT2D eigenvalue weighted by Crippen LogP contribution is -2.46. The van der Waals surface area contributed by atoms with E-state index in [-0.39, 0.29) is 30.2 Å². The lowest BCUT2D eigenvalue weighted by molar-refractivity contribution is -0.146. The van der Waals surface area contributed by atoms with E-state index in [1.54, 1.807) is 0 Å². The minimum atomic E-state index is -0.542. The molecule has 3 atom stereocenters. The summed E-state index contributed by atoms with van der Waals surface area (Å²) in [6.45, 7) is 0.0346. The molecule has 7 heteroatoms. The summed E-state index contributed by atoms with van der Waals surface area (Å²) >= 11 is 5.86. The molecule has 1 aliphatic heterocycles. The summed E-state index contributed by atoms with van der Waals surface area (Å²) in [5, 5.41) is 2.90. The Morgan fingerprint density at radius 3 is 2.88 bits per heavy atom. The van der Waals surface area contributed by atoms with E-state index in [0.29, 0.717) is 10.9 Å². The molecule has 25 heavy (non-hydrogen) atoms. The topological polar surface area (TPSA) is 58.6 Å². The van der Waals surface area contributed by atoms with Crippen molar-refractivity contribution in [3.63, 3.8) is 0 Å². The van der Waals surface area contributed by atoms with E-state index in [1.165, 1.54) is 25.3 Å². The largest absolute Gasteiger partial charge is 0.468 e. The average molecular weight is 369 g/mol. The molecule has 2 aliphatic rings. The Bertz CT molecular complexity index is 670. The van der Waals surface area contributed by atoms with Gasteiger partial charge in [0.1, 0.15) is 11.9 Å². The SMILES string of the molecule is COC(=O)[C@@H]1C[C@@H]2CCCC[C@@H]2N1CC(=O)Nc1cc(Cl)ccc1F. The van der Waals surface area contributed by atoms with Gasteiger partial charge in [-0.25, -0.2) is 4.39 Å². The lowest BCUT2D eigenvalue weighted by atomic mass is 9.85. The molecule has 1 aromatic carbocycles. The summed E-state index contributed by atoms with van der Waals surface area (Å²) in [7, 11) is 1.36. The zero-order chi connectivity index (χ0) is 18.0. The van der Waals surface area contributed by atoms with Crippen LogP contribution in [0.2, 0.25) is 5.02 Å². The molecule has 1 heterocycles. The second kappa shape index (κ2) is 7.70. The van der Waals surface area contributed by atoms with Gasteiger partial charge < -0.3 is 10.1 Å². The van der Waals surface area contributed by atoms with Crippen molar-refractivity contribution in [2.45, 2.75) is 44.2 Å². The van der Waals surface area contributed by atoms with Crippen molar-refractivity contribution in [1.82, 2.24) is 4.90 Å². The van der Waals surface area contributed by atoms with Gasteiger partial charge in [0.25, 0.3) is 0 Å². The van der Waals surface area contributed by atoms with E-state index in [0.717, 1.165) is 32.1 Å². The minimum Gasteiger partial charge on any atom is -0.468 e. The van der Waals surface area contributed by atoms with Crippen molar-refractivity contribution < 1.29 is 18.7 Å². The molecule has 1 saturated heterocycles. The number of carbonyl (C=O) groups excluding carboxylic acids is 2. The van der Waals surface area contributed by atoms with Gasteiger partial charge in [0, 0.05) is 11.1 Å².